The van der Waals surface area contributed by atoms with Gasteiger partial charge in [-0.05, 0) is 44.4 Å². The molecule has 116 valence electrons. The average molecular weight is 313 g/mol. The lowest BCUT2D eigenvalue weighted by atomic mass is 9.97. The Bertz CT molecular complexity index is 647. The second-order valence-electron chi connectivity index (χ2n) is 5.56. The summed E-state index contributed by atoms with van der Waals surface area (Å²) in [4.78, 5) is 11.1. The van der Waals surface area contributed by atoms with E-state index in [0.29, 0.717) is 19.6 Å². The molecule has 1 aromatic carbocycles. The third-order valence-corrected chi connectivity index (χ3v) is 5.41. The Kier molecular flexibility index (Phi) is 4.36. The lowest BCUT2D eigenvalue weighted by Crippen LogP contribution is -2.51. The number of hydrogen-bond donors (Lipinski definition) is 2. The van der Waals surface area contributed by atoms with E-state index >= 15 is 0 Å². The van der Waals surface area contributed by atoms with Gasteiger partial charge in [0.25, 0.3) is 0 Å². The van der Waals surface area contributed by atoms with Gasteiger partial charge in [0.2, 0.25) is 10.0 Å². The second-order valence-corrected chi connectivity index (χ2v) is 7.21. The van der Waals surface area contributed by atoms with Crippen LogP contribution in [-0.2, 0) is 14.8 Å². The highest BCUT2D eigenvalue weighted by molar-refractivity contribution is 7.89. The van der Waals surface area contributed by atoms with Gasteiger partial charge in [0.1, 0.15) is 0 Å². The molecule has 1 saturated heterocycles. The van der Waals surface area contributed by atoms with Crippen molar-refractivity contribution in [2.45, 2.75) is 37.1 Å². The van der Waals surface area contributed by atoms with Crippen LogP contribution < -0.4 is 4.72 Å². The van der Waals surface area contributed by atoms with E-state index in [1.165, 1.54) is 25.1 Å². The van der Waals surface area contributed by atoms with Crippen molar-refractivity contribution in [3.05, 3.63) is 29.3 Å². The Morgan fingerprint density at radius 1 is 1.43 bits per heavy atom. The van der Waals surface area contributed by atoms with Crippen LogP contribution >= 0.6 is 0 Å². The highest BCUT2D eigenvalue weighted by Crippen LogP contribution is 2.24. The van der Waals surface area contributed by atoms with E-state index in [4.69, 9.17) is 9.84 Å². The summed E-state index contributed by atoms with van der Waals surface area (Å²) in [6, 6.07) is 4.24. The fraction of sp³-hybridized carbons (Fsp3) is 0.500. The first-order valence-electron chi connectivity index (χ1n) is 6.70. The van der Waals surface area contributed by atoms with Crippen molar-refractivity contribution < 1.29 is 23.1 Å². The van der Waals surface area contributed by atoms with Crippen LogP contribution in [0.1, 0.15) is 35.7 Å². The highest BCUT2D eigenvalue weighted by Gasteiger charge is 2.33. The number of nitrogens with one attached hydrogen (secondary N) is 1. The van der Waals surface area contributed by atoms with Crippen LogP contribution in [0.5, 0.6) is 0 Å². The van der Waals surface area contributed by atoms with E-state index in [2.05, 4.69) is 4.72 Å². The molecule has 1 fully saturated rings. The zero-order valence-corrected chi connectivity index (χ0v) is 12.9. The van der Waals surface area contributed by atoms with Gasteiger partial charge >= 0.3 is 5.97 Å². The predicted octanol–water partition coefficient (Wildman–Crippen LogP) is 1.54. The van der Waals surface area contributed by atoms with Gasteiger partial charge in [0.05, 0.1) is 22.6 Å². The fourth-order valence-corrected chi connectivity index (χ4v) is 4.22. The number of carboxylic acids is 1. The molecule has 2 rings (SSSR count). The molecule has 0 aromatic heterocycles. The van der Waals surface area contributed by atoms with Crippen LogP contribution in [0, 0.1) is 6.92 Å². The van der Waals surface area contributed by atoms with Crippen LogP contribution in [0.2, 0.25) is 0 Å². The summed E-state index contributed by atoms with van der Waals surface area (Å²) in [6.07, 6.45) is 1.47. The first-order valence-corrected chi connectivity index (χ1v) is 8.18. The van der Waals surface area contributed by atoms with Crippen molar-refractivity contribution in [3.8, 4) is 0 Å². The number of rotatable bonds is 4. The van der Waals surface area contributed by atoms with E-state index in [9.17, 15) is 13.2 Å². The summed E-state index contributed by atoms with van der Waals surface area (Å²) in [5.74, 6) is -1.14. The Morgan fingerprint density at radius 2 is 2.14 bits per heavy atom. The van der Waals surface area contributed by atoms with Gasteiger partial charge in [-0.3, -0.25) is 0 Å². The van der Waals surface area contributed by atoms with Crippen LogP contribution in [0.4, 0.5) is 0 Å². The molecule has 6 nitrogen and oxygen atoms in total. The maximum Gasteiger partial charge on any atom is 0.335 e. The van der Waals surface area contributed by atoms with E-state index in [0.717, 1.165) is 6.42 Å². The molecular weight excluding hydrogens is 294 g/mol. The third kappa shape index (κ3) is 3.42. The monoisotopic (exact) mass is 313 g/mol. The van der Waals surface area contributed by atoms with Crippen molar-refractivity contribution in [1.82, 2.24) is 4.72 Å². The van der Waals surface area contributed by atoms with Crippen molar-refractivity contribution >= 4 is 16.0 Å². The summed E-state index contributed by atoms with van der Waals surface area (Å²) in [6.45, 7) is 4.23. The molecule has 1 aromatic rings. The maximum atomic E-state index is 12.5. The lowest BCUT2D eigenvalue weighted by Gasteiger charge is -2.34. The minimum absolute atomic E-state index is 0.00537. The zero-order valence-electron chi connectivity index (χ0n) is 12.0. The molecule has 0 bridgehead atoms. The number of ether oxygens (including phenoxy) is 1. The van der Waals surface area contributed by atoms with E-state index in [1.54, 1.807) is 6.92 Å². The Hall–Kier alpha value is -1.44. The molecule has 0 saturated carbocycles. The fourth-order valence-electron chi connectivity index (χ4n) is 2.53. The molecular formula is C14H19NO5S. The van der Waals surface area contributed by atoms with Crippen molar-refractivity contribution in [2.24, 2.45) is 0 Å². The molecule has 1 heterocycles. The van der Waals surface area contributed by atoms with Crippen molar-refractivity contribution in [3.63, 3.8) is 0 Å². The molecule has 2 N–H and O–H groups in total. The number of hydrogen-bond acceptors (Lipinski definition) is 4. The molecule has 7 heteroatoms. The molecule has 0 aliphatic carbocycles. The Morgan fingerprint density at radius 3 is 2.71 bits per heavy atom. The van der Waals surface area contributed by atoms with Gasteiger partial charge in [-0.2, -0.15) is 0 Å². The maximum absolute atomic E-state index is 12.5. The minimum Gasteiger partial charge on any atom is -0.478 e. The molecule has 1 aliphatic heterocycles. The first kappa shape index (κ1) is 15.9. The standard InChI is InChI=1S/C14H19NO5S/c1-10-11(13(16)17)5-3-6-12(10)21(18,19)15-14(2)7-4-8-20-9-14/h3,5-6,15H,4,7-9H2,1-2H3,(H,16,17). The van der Waals surface area contributed by atoms with Gasteiger partial charge in [-0.25, -0.2) is 17.9 Å². The topological polar surface area (TPSA) is 92.7 Å². The zero-order chi connectivity index (χ0) is 15.7. The van der Waals surface area contributed by atoms with E-state index in [-0.39, 0.29) is 16.0 Å². The number of benzene rings is 1. The normalized spacial score (nSPS) is 23.0. The number of carboxylic acid groups (broad SMARTS) is 1. The summed E-state index contributed by atoms with van der Waals surface area (Å²) >= 11 is 0. The van der Waals surface area contributed by atoms with Gasteiger partial charge in [-0.1, -0.05) is 6.07 Å². The quantitative estimate of drug-likeness (QED) is 0.879. The van der Waals surface area contributed by atoms with Crippen molar-refractivity contribution in [1.29, 1.82) is 0 Å². The second kappa shape index (κ2) is 5.75. The Labute approximate surface area is 124 Å². The first-order chi connectivity index (χ1) is 9.75. The lowest BCUT2D eigenvalue weighted by molar-refractivity contribution is 0.0386. The smallest absolute Gasteiger partial charge is 0.335 e. The van der Waals surface area contributed by atoms with Crippen LogP contribution in [0.15, 0.2) is 23.1 Å². The molecule has 0 spiro atoms. The van der Waals surface area contributed by atoms with Gasteiger partial charge in [0, 0.05) is 6.61 Å². The van der Waals surface area contributed by atoms with Crippen LogP contribution in [-0.4, -0.2) is 38.2 Å². The summed E-state index contributed by atoms with van der Waals surface area (Å²) < 4.78 is 33.1. The van der Waals surface area contributed by atoms with Crippen LogP contribution in [0.3, 0.4) is 0 Å². The van der Waals surface area contributed by atoms with Gasteiger partial charge < -0.3 is 9.84 Å². The molecule has 1 atom stereocenters. The number of sulfonamides is 1. The Balaban J connectivity index is 2.36. The van der Waals surface area contributed by atoms with Crippen molar-refractivity contribution in [2.75, 3.05) is 13.2 Å². The predicted molar refractivity (Wildman–Crippen MR) is 76.9 cm³/mol. The molecule has 1 unspecified atom stereocenters. The number of carbonyl (C=O) groups is 1. The summed E-state index contributed by atoms with van der Waals surface area (Å²) in [7, 11) is -3.80. The van der Waals surface area contributed by atoms with E-state index < -0.39 is 21.5 Å². The summed E-state index contributed by atoms with van der Waals surface area (Å²) in [5.41, 5.74) is -0.441. The summed E-state index contributed by atoms with van der Waals surface area (Å²) in [5, 5.41) is 9.09. The SMILES string of the molecule is Cc1c(C(=O)O)cccc1S(=O)(=O)NC1(C)CCCOC1. The molecule has 0 amide bonds. The molecule has 21 heavy (non-hydrogen) atoms. The highest BCUT2D eigenvalue weighted by atomic mass is 32.2. The largest absolute Gasteiger partial charge is 0.478 e. The molecule has 1 aliphatic rings. The number of aromatic carboxylic acids is 1. The average Bonchev–Trinajstić information content (AvgIpc) is 2.37. The van der Waals surface area contributed by atoms with E-state index in [1.807, 2.05) is 0 Å². The van der Waals surface area contributed by atoms with Crippen LogP contribution in [0.25, 0.3) is 0 Å². The van der Waals surface area contributed by atoms with Gasteiger partial charge in [-0.15, -0.1) is 0 Å². The van der Waals surface area contributed by atoms with Gasteiger partial charge in [0.15, 0.2) is 0 Å². The minimum atomic E-state index is -3.80. The third-order valence-electron chi connectivity index (χ3n) is 3.62. The molecule has 0 radical (unpaired) electrons.